The van der Waals surface area contributed by atoms with Crippen molar-refractivity contribution in [3.63, 3.8) is 0 Å². The van der Waals surface area contributed by atoms with Crippen molar-refractivity contribution in [1.82, 2.24) is 4.57 Å². The number of benzene rings is 1. The van der Waals surface area contributed by atoms with Crippen LogP contribution in [-0.4, -0.2) is 23.1 Å². The van der Waals surface area contributed by atoms with Crippen molar-refractivity contribution in [1.29, 1.82) is 0 Å². The highest BCUT2D eigenvalue weighted by atomic mass is 35.5. The van der Waals surface area contributed by atoms with E-state index in [1.807, 2.05) is 0 Å². The summed E-state index contributed by atoms with van der Waals surface area (Å²) in [5, 5.41) is -0.945. The third kappa shape index (κ3) is 2.95. The Bertz CT molecular complexity index is 836. The summed E-state index contributed by atoms with van der Waals surface area (Å²) in [5.74, 6) is -1.25. The lowest BCUT2D eigenvalue weighted by molar-refractivity contribution is -0.112. The Morgan fingerprint density at radius 2 is 2.05 bits per heavy atom. The van der Waals surface area contributed by atoms with Crippen molar-refractivity contribution < 1.29 is 23.5 Å². The molecule has 0 N–H and O–H groups in total. The van der Waals surface area contributed by atoms with Crippen LogP contribution >= 0.6 is 11.6 Å². The van der Waals surface area contributed by atoms with Crippen LogP contribution in [0.4, 0.5) is 4.79 Å². The molecule has 21 heavy (non-hydrogen) atoms. The summed E-state index contributed by atoms with van der Waals surface area (Å²) in [7, 11) is 1.10. The molecule has 1 aromatic carbocycles. The van der Waals surface area contributed by atoms with E-state index in [-0.39, 0.29) is 16.7 Å². The molecular weight excluding hydrogens is 306 g/mol. The summed E-state index contributed by atoms with van der Waals surface area (Å²) in [6.45, 7) is -0.624. The fourth-order valence-corrected chi connectivity index (χ4v) is 1.75. The standard InChI is InChI=1S/C12H8ClNO7/c1-19-12(18)20-7-4-2-3-6-9(7)21-11(17)14(10(6)16)5-8(13)15/h2-4H,5H2,1H3. The van der Waals surface area contributed by atoms with Crippen molar-refractivity contribution in [3.05, 3.63) is 39.1 Å². The van der Waals surface area contributed by atoms with Gasteiger partial charge < -0.3 is 13.9 Å². The second-order valence-corrected chi connectivity index (χ2v) is 4.22. The molecule has 1 aromatic heterocycles. The number of halogens is 1. The van der Waals surface area contributed by atoms with Gasteiger partial charge in [0.25, 0.3) is 5.56 Å². The van der Waals surface area contributed by atoms with Gasteiger partial charge in [-0.2, -0.15) is 0 Å². The third-order valence-electron chi connectivity index (χ3n) is 2.51. The summed E-state index contributed by atoms with van der Waals surface area (Å²) in [5.41, 5.74) is -1.01. The molecule has 0 atom stereocenters. The Kier molecular flexibility index (Phi) is 4.08. The van der Waals surface area contributed by atoms with Crippen molar-refractivity contribution in [2.45, 2.75) is 6.54 Å². The molecule has 8 nitrogen and oxygen atoms in total. The van der Waals surface area contributed by atoms with E-state index in [2.05, 4.69) is 4.74 Å². The van der Waals surface area contributed by atoms with Gasteiger partial charge in [0, 0.05) is 0 Å². The number of hydrogen-bond donors (Lipinski definition) is 0. The van der Waals surface area contributed by atoms with Gasteiger partial charge in [-0.15, -0.1) is 0 Å². The normalized spacial score (nSPS) is 10.4. The maximum atomic E-state index is 12.1. The summed E-state index contributed by atoms with van der Waals surface area (Å²) < 4.78 is 14.5. The predicted molar refractivity (Wildman–Crippen MR) is 70.6 cm³/mol. The molecule has 0 unspecified atom stereocenters. The Balaban J connectivity index is 2.69. The van der Waals surface area contributed by atoms with Crippen molar-refractivity contribution in [2.24, 2.45) is 0 Å². The number of methoxy groups -OCH3 is 1. The van der Waals surface area contributed by atoms with Gasteiger partial charge in [-0.1, -0.05) is 6.07 Å². The van der Waals surface area contributed by atoms with Crippen LogP contribution in [-0.2, 0) is 16.1 Å². The maximum Gasteiger partial charge on any atom is 0.513 e. The average Bonchev–Trinajstić information content (AvgIpc) is 2.44. The highest BCUT2D eigenvalue weighted by Gasteiger charge is 2.16. The molecule has 0 aliphatic heterocycles. The molecular formula is C12H8ClNO7. The van der Waals surface area contributed by atoms with Crippen LogP contribution in [0.25, 0.3) is 11.0 Å². The Hall–Kier alpha value is -2.61. The molecule has 0 radical (unpaired) electrons. The summed E-state index contributed by atoms with van der Waals surface area (Å²) in [4.78, 5) is 45.8. The molecule has 1 heterocycles. The van der Waals surface area contributed by atoms with Crippen molar-refractivity contribution in [3.8, 4) is 5.75 Å². The van der Waals surface area contributed by atoms with Crippen LogP contribution in [0.5, 0.6) is 5.75 Å². The zero-order chi connectivity index (χ0) is 15.6. The molecule has 0 spiro atoms. The number of carbonyl (C=O) groups excluding carboxylic acids is 2. The highest BCUT2D eigenvalue weighted by molar-refractivity contribution is 6.63. The molecule has 2 aromatic rings. The first-order valence-electron chi connectivity index (χ1n) is 5.55. The Morgan fingerprint density at radius 3 is 2.67 bits per heavy atom. The molecule has 110 valence electrons. The van der Waals surface area contributed by atoms with Gasteiger partial charge in [-0.3, -0.25) is 9.59 Å². The summed E-state index contributed by atoms with van der Waals surface area (Å²) in [6.07, 6.45) is -1.04. The lowest BCUT2D eigenvalue weighted by atomic mass is 10.2. The molecule has 9 heteroatoms. The number of carbonyl (C=O) groups is 2. The van der Waals surface area contributed by atoms with E-state index in [1.54, 1.807) is 0 Å². The topological polar surface area (TPSA) is 105 Å². The predicted octanol–water partition coefficient (Wildman–Crippen LogP) is 0.865. The monoisotopic (exact) mass is 313 g/mol. The van der Waals surface area contributed by atoms with Gasteiger partial charge in [-0.25, -0.2) is 14.2 Å². The maximum absolute atomic E-state index is 12.1. The lowest BCUT2D eigenvalue weighted by Gasteiger charge is -2.06. The number of fused-ring (bicyclic) bond motifs is 1. The Labute approximate surface area is 121 Å². The second kappa shape index (κ2) is 5.80. The lowest BCUT2D eigenvalue weighted by Crippen LogP contribution is -2.34. The average molecular weight is 314 g/mol. The highest BCUT2D eigenvalue weighted by Crippen LogP contribution is 2.22. The van der Waals surface area contributed by atoms with Gasteiger partial charge in [-0.05, 0) is 23.7 Å². The van der Waals surface area contributed by atoms with E-state index in [0.29, 0.717) is 4.57 Å². The minimum absolute atomic E-state index is 0.0473. The zero-order valence-electron chi connectivity index (χ0n) is 10.6. The van der Waals surface area contributed by atoms with E-state index in [4.69, 9.17) is 20.8 Å². The zero-order valence-corrected chi connectivity index (χ0v) is 11.4. The van der Waals surface area contributed by atoms with Gasteiger partial charge in [0.2, 0.25) is 5.24 Å². The molecule has 0 saturated heterocycles. The third-order valence-corrected chi connectivity index (χ3v) is 2.63. The van der Waals surface area contributed by atoms with Crippen molar-refractivity contribution >= 4 is 34.0 Å². The molecule has 0 aliphatic rings. The first-order valence-corrected chi connectivity index (χ1v) is 5.92. The fourth-order valence-electron chi connectivity index (χ4n) is 1.63. The number of hydrogen-bond acceptors (Lipinski definition) is 7. The second-order valence-electron chi connectivity index (χ2n) is 3.80. The quantitative estimate of drug-likeness (QED) is 0.470. The smallest absolute Gasteiger partial charge is 0.437 e. The Morgan fingerprint density at radius 1 is 1.33 bits per heavy atom. The van der Waals surface area contributed by atoms with Crippen LogP contribution in [0.3, 0.4) is 0 Å². The van der Waals surface area contributed by atoms with E-state index >= 15 is 0 Å². The molecule has 2 rings (SSSR count). The molecule has 0 amide bonds. The fraction of sp³-hybridized carbons (Fsp3) is 0.167. The van der Waals surface area contributed by atoms with Gasteiger partial charge in [0.05, 0.1) is 12.5 Å². The minimum Gasteiger partial charge on any atom is -0.437 e. The summed E-state index contributed by atoms with van der Waals surface area (Å²) in [6, 6.07) is 4.08. The summed E-state index contributed by atoms with van der Waals surface area (Å²) >= 11 is 5.16. The largest absolute Gasteiger partial charge is 0.513 e. The van der Waals surface area contributed by atoms with E-state index in [0.717, 1.165) is 7.11 Å². The van der Waals surface area contributed by atoms with Crippen molar-refractivity contribution in [2.75, 3.05) is 7.11 Å². The molecule has 0 fully saturated rings. The van der Waals surface area contributed by atoms with Gasteiger partial charge >= 0.3 is 11.9 Å². The van der Waals surface area contributed by atoms with Gasteiger partial charge in [0.1, 0.15) is 6.54 Å². The van der Waals surface area contributed by atoms with Crippen LogP contribution in [0, 0.1) is 0 Å². The van der Waals surface area contributed by atoms with E-state index in [9.17, 15) is 19.2 Å². The number of para-hydroxylation sites is 1. The van der Waals surface area contributed by atoms with Crippen LogP contribution in [0.1, 0.15) is 0 Å². The number of rotatable bonds is 3. The minimum atomic E-state index is -1.09. The van der Waals surface area contributed by atoms with Gasteiger partial charge in [0.15, 0.2) is 11.3 Å². The van der Waals surface area contributed by atoms with E-state index < -0.39 is 29.3 Å². The number of aromatic nitrogens is 1. The first kappa shape index (κ1) is 14.8. The van der Waals surface area contributed by atoms with Crippen LogP contribution < -0.4 is 16.1 Å². The molecule has 0 bridgehead atoms. The molecule has 0 aliphatic carbocycles. The van der Waals surface area contributed by atoms with E-state index in [1.165, 1.54) is 18.2 Å². The number of ether oxygens (including phenoxy) is 2. The first-order chi connectivity index (χ1) is 9.93. The van der Waals surface area contributed by atoms with Crippen LogP contribution in [0.2, 0.25) is 0 Å². The SMILES string of the molecule is COC(=O)Oc1cccc2c(=O)n(CC(=O)Cl)c(=O)oc12. The van der Waals surface area contributed by atoms with Crippen LogP contribution in [0.15, 0.2) is 32.2 Å². The number of nitrogens with zero attached hydrogens (tertiary/aromatic N) is 1. The molecule has 0 saturated carbocycles.